The number of allylic oxidation sites excluding steroid dienone is 5. The Labute approximate surface area is 107 Å². The van der Waals surface area contributed by atoms with Crippen LogP contribution in [0, 0.1) is 5.92 Å². The lowest BCUT2D eigenvalue weighted by atomic mass is 9.88. The maximum atomic E-state index is 11.7. The third-order valence-electron chi connectivity index (χ3n) is 3.10. The number of carbonyl (C=O) groups is 1. The first kappa shape index (κ1) is 14.4. The highest BCUT2D eigenvalue weighted by molar-refractivity contribution is 5.90. The first-order valence-electron chi connectivity index (χ1n) is 6.21. The second-order valence-electron chi connectivity index (χ2n) is 4.45. The summed E-state index contributed by atoms with van der Waals surface area (Å²) in [7, 11) is 0. The Morgan fingerprint density at radius 3 is 3.00 bits per heavy atom. The summed E-state index contributed by atoms with van der Waals surface area (Å²) in [5.41, 5.74) is 1.60. The molecule has 0 aromatic heterocycles. The third kappa shape index (κ3) is 4.70. The van der Waals surface area contributed by atoms with Gasteiger partial charge < -0.3 is 5.11 Å². The molecule has 0 aliphatic heterocycles. The lowest BCUT2D eigenvalue weighted by molar-refractivity contribution is -0.132. The van der Waals surface area contributed by atoms with Crippen LogP contribution >= 0.6 is 0 Å². The van der Waals surface area contributed by atoms with E-state index >= 15 is 0 Å². The molecule has 1 N–H and O–H groups in total. The van der Waals surface area contributed by atoms with Gasteiger partial charge in [-0.2, -0.15) is 0 Å². The Morgan fingerprint density at radius 2 is 2.33 bits per heavy atom. The summed E-state index contributed by atoms with van der Waals surface area (Å²) in [6.07, 6.45) is 12.6. The molecule has 0 fully saturated rings. The highest BCUT2D eigenvalue weighted by Gasteiger charge is 2.14. The second kappa shape index (κ2) is 7.64. The number of halogens is 1. The van der Waals surface area contributed by atoms with Gasteiger partial charge in [0.2, 0.25) is 0 Å². The molecule has 0 spiro atoms. The van der Waals surface area contributed by atoms with Crippen LogP contribution in [-0.2, 0) is 4.79 Å². The predicted molar refractivity (Wildman–Crippen MR) is 70.8 cm³/mol. The van der Waals surface area contributed by atoms with E-state index in [1.54, 1.807) is 18.2 Å². The van der Waals surface area contributed by atoms with Crippen molar-refractivity contribution >= 4 is 5.97 Å². The van der Waals surface area contributed by atoms with Gasteiger partial charge in [0.15, 0.2) is 0 Å². The summed E-state index contributed by atoms with van der Waals surface area (Å²) in [5.74, 6) is -0.487. The van der Waals surface area contributed by atoms with Crippen molar-refractivity contribution in [1.29, 1.82) is 0 Å². The fourth-order valence-corrected chi connectivity index (χ4v) is 2.01. The van der Waals surface area contributed by atoms with Crippen LogP contribution in [0.25, 0.3) is 0 Å². The van der Waals surface area contributed by atoms with Crippen LogP contribution in [0.2, 0.25) is 0 Å². The van der Waals surface area contributed by atoms with Gasteiger partial charge in [-0.05, 0) is 43.8 Å². The van der Waals surface area contributed by atoms with Gasteiger partial charge in [-0.3, -0.25) is 0 Å². The number of carboxylic acids is 1. The fourth-order valence-electron chi connectivity index (χ4n) is 2.01. The Kier molecular flexibility index (Phi) is 6.12. The van der Waals surface area contributed by atoms with Crippen LogP contribution in [0.15, 0.2) is 47.9 Å². The number of carboxylic acid groups (broad SMARTS) is 1. The maximum absolute atomic E-state index is 11.7. The van der Waals surface area contributed by atoms with E-state index in [2.05, 4.69) is 6.92 Å². The molecule has 0 saturated heterocycles. The Balaban J connectivity index is 2.49. The topological polar surface area (TPSA) is 37.3 Å². The summed E-state index contributed by atoms with van der Waals surface area (Å²) >= 11 is 0. The molecule has 0 aromatic carbocycles. The predicted octanol–water partition coefficient (Wildman–Crippen LogP) is 4.17. The molecule has 0 amide bonds. The standard InChI is InChI=1S/C15H19FO2/c1-12(7-4-2-3-5-10-16)13-8-6-9-14(11-13)15(17)18/h2-3,5,9-12H,4,6-8H2,1H3,(H,17,18). The molecule has 0 saturated carbocycles. The average molecular weight is 250 g/mol. The van der Waals surface area contributed by atoms with Crippen molar-refractivity contribution in [3.63, 3.8) is 0 Å². The quantitative estimate of drug-likeness (QED) is 0.718. The van der Waals surface area contributed by atoms with Gasteiger partial charge in [0.25, 0.3) is 0 Å². The van der Waals surface area contributed by atoms with Crippen LogP contribution < -0.4 is 0 Å². The van der Waals surface area contributed by atoms with Gasteiger partial charge in [-0.1, -0.05) is 30.7 Å². The van der Waals surface area contributed by atoms with Crippen molar-refractivity contribution in [2.24, 2.45) is 5.92 Å². The SMILES string of the molecule is CC(CCC=CC=CF)C1=CC(C(=O)O)=CCC1. The molecule has 1 aliphatic rings. The van der Waals surface area contributed by atoms with E-state index in [1.807, 2.05) is 6.08 Å². The van der Waals surface area contributed by atoms with E-state index in [4.69, 9.17) is 5.11 Å². The number of rotatable bonds is 6. The first-order chi connectivity index (χ1) is 8.65. The van der Waals surface area contributed by atoms with Crippen molar-refractivity contribution in [3.8, 4) is 0 Å². The maximum Gasteiger partial charge on any atom is 0.335 e. The molecule has 1 rings (SSSR count). The molecule has 0 radical (unpaired) electrons. The summed E-state index contributed by atoms with van der Waals surface area (Å²) in [5, 5.41) is 8.94. The van der Waals surface area contributed by atoms with E-state index in [9.17, 15) is 9.18 Å². The Morgan fingerprint density at radius 1 is 1.56 bits per heavy atom. The van der Waals surface area contributed by atoms with Gasteiger partial charge in [0, 0.05) is 0 Å². The summed E-state index contributed by atoms with van der Waals surface area (Å²) in [6, 6.07) is 0. The van der Waals surface area contributed by atoms with Gasteiger partial charge in [-0.15, -0.1) is 0 Å². The molecule has 0 bridgehead atoms. The second-order valence-corrected chi connectivity index (χ2v) is 4.45. The number of aliphatic carboxylic acids is 1. The molecular formula is C15H19FO2. The molecule has 0 heterocycles. The lowest BCUT2D eigenvalue weighted by Crippen LogP contribution is -2.07. The minimum atomic E-state index is -0.854. The van der Waals surface area contributed by atoms with Crippen molar-refractivity contribution in [1.82, 2.24) is 0 Å². The summed E-state index contributed by atoms with van der Waals surface area (Å²) < 4.78 is 11.7. The smallest absolute Gasteiger partial charge is 0.335 e. The molecule has 98 valence electrons. The van der Waals surface area contributed by atoms with Crippen LogP contribution in [0.3, 0.4) is 0 Å². The minimum Gasteiger partial charge on any atom is -0.478 e. The van der Waals surface area contributed by atoms with Crippen LogP contribution in [0.4, 0.5) is 4.39 Å². The zero-order chi connectivity index (χ0) is 13.4. The largest absolute Gasteiger partial charge is 0.478 e. The van der Waals surface area contributed by atoms with E-state index < -0.39 is 5.97 Å². The summed E-state index contributed by atoms with van der Waals surface area (Å²) in [4.78, 5) is 10.9. The Bertz CT molecular complexity index is 403. The Hall–Kier alpha value is -1.64. The van der Waals surface area contributed by atoms with Gasteiger partial charge in [0.1, 0.15) is 0 Å². The zero-order valence-corrected chi connectivity index (χ0v) is 10.6. The van der Waals surface area contributed by atoms with E-state index in [0.29, 0.717) is 17.8 Å². The number of hydrogen-bond donors (Lipinski definition) is 1. The van der Waals surface area contributed by atoms with Gasteiger partial charge in [-0.25, -0.2) is 9.18 Å². The van der Waals surface area contributed by atoms with Crippen molar-refractivity contribution in [2.75, 3.05) is 0 Å². The van der Waals surface area contributed by atoms with Crippen LogP contribution in [-0.4, -0.2) is 11.1 Å². The van der Waals surface area contributed by atoms with E-state index in [1.165, 1.54) is 11.6 Å². The molecule has 0 aromatic rings. The summed E-state index contributed by atoms with van der Waals surface area (Å²) in [6.45, 7) is 2.11. The average Bonchev–Trinajstić information content (AvgIpc) is 2.38. The number of hydrogen-bond acceptors (Lipinski definition) is 1. The molecule has 18 heavy (non-hydrogen) atoms. The lowest BCUT2D eigenvalue weighted by Gasteiger charge is -2.18. The van der Waals surface area contributed by atoms with Gasteiger partial charge in [0.05, 0.1) is 11.9 Å². The van der Waals surface area contributed by atoms with Crippen molar-refractivity contribution in [2.45, 2.75) is 32.6 Å². The molecule has 3 heteroatoms. The van der Waals surface area contributed by atoms with Crippen molar-refractivity contribution in [3.05, 3.63) is 47.9 Å². The minimum absolute atomic E-state index is 0.368. The highest BCUT2D eigenvalue weighted by atomic mass is 19.1. The zero-order valence-electron chi connectivity index (χ0n) is 10.6. The van der Waals surface area contributed by atoms with Crippen LogP contribution in [0.1, 0.15) is 32.6 Å². The molecule has 1 aliphatic carbocycles. The van der Waals surface area contributed by atoms with E-state index in [0.717, 1.165) is 25.7 Å². The molecular weight excluding hydrogens is 231 g/mol. The normalized spacial score (nSPS) is 17.9. The third-order valence-corrected chi connectivity index (χ3v) is 3.10. The monoisotopic (exact) mass is 250 g/mol. The van der Waals surface area contributed by atoms with Gasteiger partial charge >= 0.3 is 5.97 Å². The molecule has 2 nitrogen and oxygen atoms in total. The van der Waals surface area contributed by atoms with E-state index in [-0.39, 0.29) is 0 Å². The molecule has 1 unspecified atom stereocenters. The first-order valence-corrected chi connectivity index (χ1v) is 6.21. The fraction of sp³-hybridized carbons (Fsp3) is 0.400. The van der Waals surface area contributed by atoms with Crippen LogP contribution in [0.5, 0.6) is 0 Å². The molecule has 1 atom stereocenters. The highest BCUT2D eigenvalue weighted by Crippen LogP contribution is 2.27. The van der Waals surface area contributed by atoms with Crippen molar-refractivity contribution < 1.29 is 14.3 Å².